The molecule has 2 aromatic carbocycles. The number of fused-ring (bicyclic) bond motifs is 1. The molecule has 2 aliphatic heterocycles. The Kier molecular flexibility index (Phi) is 6.16. The molecule has 2 heterocycles. The summed E-state index contributed by atoms with van der Waals surface area (Å²) in [7, 11) is 0. The Morgan fingerprint density at radius 3 is 2.55 bits per heavy atom. The monoisotopic (exact) mass is 422 g/mol. The van der Waals surface area contributed by atoms with Crippen LogP contribution in [0, 0.1) is 0 Å². The first-order valence-corrected chi connectivity index (χ1v) is 11.0. The number of carbonyl (C=O) groups excluding carboxylic acids is 2. The fourth-order valence-electron chi connectivity index (χ4n) is 4.18. The molecular formula is C25H30N2O4. The first-order chi connectivity index (χ1) is 15.0. The van der Waals surface area contributed by atoms with Gasteiger partial charge in [-0.05, 0) is 36.1 Å². The van der Waals surface area contributed by atoms with E-state index in [1.54, 1.807) is 4.90 Å². The number of hydrogen-bond donors (Lipinski definition) is 1. The molecule has 0 bridgehead atoms. The van der Waals surface area contributed by atoms with Crippen LogP contribution in [-0.4, -0.2) is 43.0 Å². The Balaban J connectivity index is 1.51. The minimum atomic E-state index is -0.606. The van der Waals surface area contributed by atoms with Crippen LogP contribution in [0.4, 0.5) is 0 Å². The summed E-state index contributed by atoms with van der Waals surface area (Å²) in [5.41, 5.74) is 1.58. The molecule has 1 N–H and O–H groups in total. The van der Waals surface area contributed by atoms with E-state index in [2.05, 4.69) is 19.2 Å². The smallest absolute Gasteiger partial charge is 0.247 e. The van der Waals surface area contributed by atoms with Crippen LogP contribution in [0.3, 0.4) is 0 Å². The van der Waals surface area contributed by atoms with Crippen LogP contribution in [0.2, 0.25) is 0 Å². The molecule has 2 aliphatic rings. The average molecular weight is 423 g/mol. The van der Waals surface area contributed by atoms with Gasteiger partial charge in [-0.3, -0.25) is 9.59 Å². The van der Waals surface area contributed by atoms with Crippen molar-refractivity contribution in [3.8, 4) is 11.5 Å². The van der Waals surface area contributed by atoms with E-state index in [0.29, 0.717) is 32.7 Å². The molecule has 0 spiro atoms. The maximum Gasteiger partial charge on any atom is 0.247 e. The number of nitrogens with one attached hydrogen (secondary N) is 1. The maximum atomic E-state index is 13.3. The van der Waals surface area contributed by atoms with Gasteiger partial charge >= 0.3 is 0 Å². The van der Waals surface area contributed by atoms with Crippen LogP contribution in [0.25, 0.3) is 0 Å². The Morgan fingerprint density at radius 1 is 1.06 bits per heavy atom. The third kappa shape index (κ3) is 4.68. The molecule has 31 heavy (non-hydrogen) atoms. The molecule has 2 amide bonds. The topological polar surface area (TPSA) is 67.9 Å². The van der Waals surface area contributed by atoms with Crippen molar-refractivity contribution in [2.75, 3.05) is 26.3 Å². The summed E-state index contributed by atoms with van der Waals surface area (Å²) in [5, 5.41) is 3.11. The van der Waals surface area contributed by atoms with Gasteiger partial charge in [0.1, 0.15) is 19.3 Å². The number of hydrogen-bond acceptors (Lipinski definition) is 4. The van der Waals surface area contributed by atoms with Crippen molar-refractivity contribution in [1.82, 2.24) is 10.2 Å². The molecule has 1 atom stereocenters. The molecule has 164 valence electrons. The van der Waals surface area contributed by atoms with Gasteiger partial charge in [0.15, 0.2) is 11.5 Å². The van der Waals surface area contributed by atoms with Crippen molar-refractivity contribution in [2.45, 2.75) is 44.6 Å². The van der Waals surface area contributed by atoms with E-state index in [-0.39, 0.29) is 17.2 Å². The number of amides is 2. The highest BCUT2D eigenvalue weighted by Gasteiger charge is 2.33. The molecule has 0 aromatic heterocycles. The van der Waals surface area contributed by atoms with Gasteiger partial charge in [0.05, 0.1) is 0 Å². The number of nitrogens with zero attached hydrogens (tertiary/aromatic N) is 1. The number of piperidine rings is 1. The lowest BCUT2D eigenvalue weighted by molar-refractivity contribution is -0.142. The second-order valence-electron chi connectivity index (χ2n) is 8.82. The predicted molar refractivity (Wildman–Crippen MR) is 118 cm³/mol. The van der Waals surface area contributed by atoms with Crippen molar-refractivity contribution in [3.63, 3.8) is 0 Å². The van der Waals surface area contributed by atoms with Gasteiger partial charge in [-0.25, -0.2) is 0 Å². The SMILES string of the molecule is CC(C)(CNC(=O)C(c1ccccc1)N1CCCCC1=O)c1ccc2c(c1)OCCO2. The first-order valence-electron chi connectivity index (χ1n) is 11.0. The van der Waals surface area contributed by atoms with E-state index >= 15 is 0 Å². The van der Waals surface area contributed by atoms with Crippen molar-refractivity contribution in [2.24, 2.45) is 0 Å². The molecule has 6 nitrogen and oxygen atoms in total. The number of rotatable bonds is 6. The second-order valence-corrected chi connectivity index (χ2v) is 8.82. The molecule has 6 heteroatoms. The van der Waals surface area contributed by atoms with Gasteiger partial charge in [-0.1, -0.05) is 50.2 Å². The molecule has 0 radical (unpaired) electrons. The van der Waals surface area contributed by atoms with Gasteiger partial charge in [-0.15, -0.1) is 0 Å². The fraction of sp³-hybridized carbons (Fsp3) is 0.440. The predicted octanol–water partition coefficient (Wildman–Crippen LogP) is 3.61. The molecule has 0 saturated carbocycles. The summed E-state index contributed by atoms with van der Waals surface area (Å²) in [4.78, 5) is 27.7. The lowest BCUT2D eigenvalue weighted by Crippen LogP contribution is -2.47. The van der Waals surface area contributed by atoms with Crippen LogP contribution in [0.1, 0.15) is 50.3 Å². The molecule has 1 fully saturated rings. The van der Waals surface area contributed by atoms with E-state index in [4.69, 9.17) is 9.47 Å². The Bertz CT molecular complexity index is 942. The largest absolute Gasteiger partial charge is 0.486 e. The maximum absolute atomic E-state index is 13.3. The van der Waals surface area contributed by atoms with Gasteiger partial charge in [0.25, 0.3) is 0 Å². The summed E-state index contributed by atoms with van der Waals surface area (Å²) in [6, 6.07) is 14.9. The van der Waals surface area contributed by atoms with Crippen molar-refractivity contribution >= 4 is 11.8 Å². The lowest BCUT2D eigenvalue weighted by Gasteiger charge is -2.35. The Labute approximate surface area is 183 Å². The molecule has 1 unspecified atom stereocenters. The fourth-order valence-corrected chi connectivity index (χ4v) is 4.18. The summed E-state index contributed by atoms with van der Waals surface area (Å²) in [5.74, 6) is 1.39. The van der Waals surface area contributed by atoms with Crippen LogP contribution in [0.5, 0.6) is 11.5 Å². The van der Waals surface area contributed by atoms with Gasteiger partial charge in [0, 0.05) is 24.9 Å². The van der Waals surface area contributed by atoms with Crippen LogP contribution < -0.4 is 14.8 Å². The van der Waals surface area contributed by atoms with E-state index < -0.39 is 6.04 Å². The molecule has 1 saturated heterocycles. The van der Waals surface area contributed by atoms with Crippen LogP contribution in [-0.2, 0) is 15.0 Å². The lowest BCUT2D eigenvalue weighted by atomic mass is 9.84. The van der Waals surface area contributed by atoms with Crippen LogP contribution >= 0.6 is 0 Å². The normalized spacial score (nSPS) is 17.2. The number of benzene rings is 2. The second kappa shape index (κ2) is 9.00. The van der Waals surface area contributed by atoms with Crippen LogP contribution in [0.15, 0.2) is 48.5 Å². The Hall–Kier alpha value is -3.02. The third-order valence-electron chi connectivity index (χ3n) is 6.06. The van der Waals surface area contributed by atoms with E-state index in [1.165, 1.54) is 0 Å². The van der Waals surface area contributed by atoms with Gasteiger partial charge in [-0.2, -0.15) is 0 Å². The zero-order chi connectivity index (χ0) is 21.8. The van der Waals surface area contributed by atoms with E-state index in [9.17, 15) is 9.59 Å². The highest BCUT2D eigenvalue weighted by atomic mass is 16.6. The third-order valence-corrected chi connectivity index (χ3v) is 6.06. The summed E-state index contributed by atoms with van der Waals surface area (Å²) >= 11 is 0. The van der Waals surface area contributed by atoms with Crippen molar-refractivity contribution in [3.05, 3.63) is 59.7 Å². The summed E-state index contributed by atoms with van der Waals surface area (Å²) < 4.78 is 11.3. The zero-order valence-electron chi connectivity index (χ0n) is 18.2. The molecule has 4 rings (SSSR count). The summed E-state index contributed by atoms with van der Waals surface area (Å²) in [6.07, 6.45) is 2.31. The number of carbonyl (C=O) groups is 2. The zero-order valence-corrected chi connectivity index (χ0v) is 18.2. The van der Waals surface area contributed by atoms with E-state index in [0.717, 1.165) is 35.5 Å². The minimum Gasteiger partial charge on any atom is -0.486 e. The highest BCUT2D eigenvalue weighted by Crippen LogP contribution is 2.35. The first kappa shape index (κ1) is 21.2. The molecular weight excluding hydrogens is 392 g/mol. The summed E-state index contributed by atoms with van der Waals surface area (Å²) in [6.45, 7) is 6.32. The van der Waals surface area contributed by atoms with E-state index in [1.807, 2.05) is 48.5 Å². The number of likely N-dealkylation sites (tertiary alicyclic amines) is 1. The Morgan fingerprint density at radius 2 is 1.81 bits per heavy atom. The van der Waals surface area contributed by atoms with Gasteiger partial charge in [0.2, 0.25) is 11.8 Å². The average Bonchev–Trinajstić information content (AvgIpc) is 2.79. The molecule has 0 aliphatic carbocycles. The number of ether oxygens (including phenoxy) is 2. The van der Waals surface area contributed by atoms with Gasteiger partial charge < -0.3 is 19.7 Å². The van der Waals surface area contributed by atoms with Crippen molar-refractivity contribution < 1.29 is 19.1 Å². The molecule has 2 aromatic rings. The highest BCUT2D eigenvalue weighted by molar-refractivity contribution is 5.89. The minimum absolute atomic E-state index is 0.0429. The van der Waals surface area contributed by atoms with Crippen molar-refractivity contribution in [1.29, 1.82) is 0 Å². The standard InChI is InChI=1S/C25H30N2O4/c1-25(2,19-11-12-20-21(16-19)31-15-14-30-20)17-26-24(29)23(18-8-4-3-5-9-18)27-13-7-6-10-22(27)28/h3-5,8-9,11-12,16,23H,6-7,10,13-15,17H2,1-2H3,(H,26,29). The quantitative estimate of drug-likeness (QED) is 0.772.